The maximum Gasteiger partial charge on any atom is 0.261 e. The van der Waals surface area contributed by atoms with Crippen molar-refractivity contribution in [1.29, 1.82) is 0 Å². The smallest absolute Gasteiger partial charge is 0.261 e. The van der Waals surface area contributed by atoms with Crippen molar-refractivity contribution < 1.29 is 17.6 Å². The second kappa shape index (κ2) is 9.96. The number of rotatable bonds is 6. The molecule has 6 nitrogen and oxygen atoms in total. The molecule has 3 aromatic rings. The van der Waals surface area contributed by atoms with Crippen LogP contribution < -0.4 is 15.4 Å². The lowest BCUT2D eigenvalue weighted by Crippen LogP contribution is -2.32. The van der Waals surface area contributed by atoms with Crippen LogP contribution in [0.4, 0.5) is 15.8 Å². The number of nitrogens with one attached hydrogen (secondary N) is 3. The fourth-order valence-electron chi connectivity index (χ4n) is 2.50. The van der Waals surface area contributed by atoms with Crippen LogP contribution in [0.5, 0.6) is 0 Å². The summed E-state index contributed by atoms with van der Waals surface area (Å²) in [5.41, 5.74) is 1.62. The van der Waals surface area contributed by atoms with E-state index in [9.17, 15) is 17.6 Å². The minimum Gasteiger partial charge on any atom is -0.332 e. The molecule has 0 bridgehead atoms. The molecule has 0 aliphatic rings. The highest BCUT2D eigenvalue weighted by Gasteiger charge is 2.14. The molecular formula is C22H18FN3O3S2. The molecule has 0 spiro atoms. The van der Waals surface area contributed by atoms with Crippen LogP contribution in [0.15, 0.2) is 89.8 Å². The van der Waals surface area contributed by atoms with Crippen LogP contribution in [0.3, 0.4) is 0 Å². The molecule has 0 fully saturated rings. The van der Waals surface area contributed by atoms with E-state index >= 15 is 0 Å². The molecule has 0 aliphatic heterocycles. The van der Waals surface area contributed by atoms with Gasteiger partial charge in [0.1, 0.15) is 5.82 Å². The third kappa shape index (κ3) is 6.73. The molecular weight excluding hydrogens is 437 g/mol. The van der Waals surface area contributed by atoms with E-state index < -0.39 is 21.7 Å². The number of thiocarbonyl (C=S) groups is 1. The van der Waals surface area contributed by atoms with Crippen molar-refractivity contribution in [2.45, 2.75) is 4.90 Å². The largest absolute Gasteiger partial charge is 0.332 e. The van der Waals surface area contributed by atoms with E-state index in [4.69, 9.17) is 12.2 Å². The van der Waals surface area contributed by atoms with E-state index in [2.05, 4.69) is 15.4 Å². The van der Waals surface area contributed by atoms with Gasteiger partial charge in [-0.05, 0) is 72.4 Å². The summed E-state index contributed by atoms with van der Waals surface area (Å²) in [6, 6.07) is 20.1. The monoisotopic (exact) mass is 455 g/mol. The Hall–Kier alpha value is -3.56. The van der Waals surface area contributed by atoms with Crippen LogP contribution >= 0.6 is 12.2 Å². The number of anilines is 2. The van der Waals surface area contributed by atoms with Crippen LogP contribution in [-0.2, 0) is 14.8 Å². The average molecular weight is 456 g/mol. The maximum atomic E-state index is 13.0. The lowest BCUT2D eigenvalue weighted by Gasteiger charge is -2.10. The fraction of sp³-hybridized carbons (Fsp3) is 0. The van der Waals surface area contributed by atoms with Gasteiger partial charge in [0.2, 0.25) is 5.91 Å². The normalized spacial score (nSPS) is 11.1. The highest BCUT2D eigenvalue weighted by molar-refractivity contribution is 7.92. The molecule has 158 valence electrons. The Morgan fingerprint density at radius 3 is 2.13 bits per heavy atom. The summed E-state index contributed by atoms with van der Waals surface area (Å²) >= 11 is 5.11. The van der Waals surface area contributed by atoms with E-state index in [0.29, 0.717) is 5.69 Å². The predicted octanol–water partition coefficient (Wildman–Crippen LogP) is 4.15. The maximum absolute atomic E-state index is 13.0. The highest BCUT2D eigenvalue weighted by Crippen LogP contribution is 2.18. The molecule has 3 aromatic carbocycles. The van der Waals surface area contributed by atoms with Crippen LogP contribution in [-0.4, -0.2) is 19.4 Å². The summed E-state index contributed by atoms with van der Waals surface area (Å²) in [5.74, 6) is -0.860. The molecule has 9 heteroatoms. The molecule has 0 unspecified atom stereocenters. The van der Waals surface area contributed by atoms with Gasteiger partial charge in [0.25, 0.3) is 10.0 Å². The Balaban J connectivity index is 1.57. The van der Waals surface area contributed by atoms with E-state index in [1.165, 1.54) is 42.5 Å². The second-order valence-corrected chi connectivity index (χ2v) is 8.41. The first-order valence-corrected chi connectivity index (χ1v) is 10.9. The van der Waals surface area contributed by atoms with Crippen molar-refractivity contribution in [3.63, 3.8) is 0 Å². The van der Waals surface area contributed by atoms with E-state index in [1.807, 2.05) is 30.3 Å². The van der Waals surface area contributed by atoms with Gasteiger partial charge in [0.15, 0.2) is 5.11 Å². The molecule has 31 heavy (non-hydrogen) atoms. The summed E-state index contributed by atoms with van der Waals surface area (Å²) in [4.78, 5) is 12.0. The van der Waals surface area contributed by atoms with Crippen molar-refractivity contribution in [3.05, 3.63) is 96.3 Å². The molecule has 0 saturated carbocycles. The Kier molecular flexibility index (Phi) is 7.11. The average Bonchev–Trinajstić information content (AvgIpc) is 2.75. The van der Waals surface area contributed by atoms with Crippen molar-refractivity contribution in [1.82, 2.24) is 5.32 Å². The number of carbonyl (C=O) groups is 1. The summed E-state index contributed by atoms with van der Waals surface area (Å²) in [6.07, 6.45) is 3.02. The van der Waals surface area contributed by atoms with Gasteiger partial charge in [0, 0.05) is 17.5 Å². The quantitative estimate of drug-likeness (QED) is 0.384. The number of benzene rings is 3. The first kappa shape index (κ1) is 22.1. The van der Waals surface area contributed by atoms with E-state index in [-0.39, 0.29) is 15.7 Å². The van der Waals surface area contributed by atoms with Gasteiger partial charge in [-0.15, -0.1) is 0 Å². The molecule has 0 heterocycles. The van der Waals surface area contributed by atoms with Gasteiger partial charge in [-0.3, -0.25) is 14.8 Å². The molecule has 1 amide bonds. The van der Waals surface area contributed by atoms with Gasteiger partial charge >= 0.3 is 0 Å². The molecule has 0 radical (unpaired) electrons. The van der Waals surface area contributed by atoms with Crippen LogP contribution in [0, 0.1) is 5.82 Å². The molecule has 3 N–H and O–H groups in total. The Morgan fingerprint density at radius 2 is 1.48 bits per heavy atom. The number of halogens is 1. The van der Waals surface area contributed by atoms with E-state index in [1.54, 1.807) is 6.08 Å². The molecule has 3 rings (SSSR count). The van der Waals surface area contributed by atoms with Crippen molar-refractivity contribution in [3.8, 4) is 0 Å². The Labute approximate surface area is 184 Å². The SMILES string of the molecule is O=C(/C=C/c1ccccc1)NC(=S)Nc1ccc(S(=O)(=O)Nc2ccc(F)cc2)cc1. The van der Waals surface area contributed by atoms with Gasteiger partial charge in [-0.2, -0.15) is 0 Å². The number of carbonyl (C=O) groups excluding carboxylic acids is 1. The lowest BCUT2D eigenvalue weighted by atomic mass is 10.2. The number of hydrogen-bond acceptors (Lipinski definition) is 4. The molecule has 0 atom stereocenters. The topological polar surface area (TPSA) is 87.3 Å². The van der Waals surface area contributed by atoms with Gasteiger partial charge in [0.05, 0.1) is 4.90 Å². The van der Waals surface area contributed by atoms with Crippen LogP contribution in [0.2, 0.25) is 0 Å². The zero-order valence-corrected chi connectivity index (χ0v) is 17.7. The van der Waals surface area contributed by atoms with Gasteiger partial charge in [-0.1, -0.05) is 30.3 Å². The molecule has 0 aliphatic carbocycles. The van der Waals surface area contributed by atoms with Crippen LogP contribution in [0.25, 0.3) is 6.08 Å². The Morgan fingerprint density at radius 1 is 0.871 bits per heavy atom. The number of hydrogen-bond donors (Lipinski definition) is 3. The third-order valence-corrected chi connectivity index (χ3v) is 5.58. The summed E-state index contributed by atoms with van der Waals surface area (Å²) in [7, 11) is -3.84. The third-order valence-electron chi connectivity index (χ3n) is 3.98. The Bertz CT molecular complexity index is 1200. The first-order valence-electron chi connectivity index (χ1n) is 9.05. The van der Waals surface area contributed by atoms with Crippen molar-refractivity contribution in [2.75, 3.05) is 10.0 Å². The number of amides is 1. The zero-order valence-electron chi connectivity index (χ0n) is 16.1. The summed E-state index contributed by atoms with van der Waals surface area (Å²) in [5, 5.41) is 5.40. The first-order chi connectivity index (χ1) is 14.8. The second-order valence-electron chi connectivity index (χ2n) is 6.32. The van der Waals surface area contributed by atoms with Gasteiger partial charge < -0.3 is 5.32 Å². The summed E-state index contributed by atoms with van der Waals surface area (Å²) in [6.45, 7) is 0. The zero-order chi connectivity index (χ0) is 22.3. The van der Waals surface area contributed by atoms with Crippen LogP contribution in [0.1, 0.15) is 5.56 Å². The summed E-state index contributed by atoms with van der Waals surface area (Å²) < 4.78 is 40.2. The minimum atomic E-state index is -3.84. The standard InChI is InChI=1S/C22H18FN3O3S2/c23-17-7-9-19(10-8-17)26-31(28,29)20-13-11-18(12-14-20)24-22(30)25-21(27)15-6-16-4-2-1-3-5-16/h1-15,26H,(H2,24,25,27,30)/b15-6+. The number of sulfonamides is 1. The van der Waals surface area contributed by atoms with Crippen molar-refractivity contribution in [2.24, 2.45) is 0 Å². The van der Waals surface area contributed by atoms with E-state index in [0.717, 1.165) is 17.7 Å². The minimum absolute atomic E-state index is 0.0168. The fourth-order valence-corrected chi connectivity index (χ4v) is 3.78. The van der Waals surface area contributed by atoms with Crippen molar-refractivity contribution >= 4 is 50.7 Å². The van der Waals surface area contributed by atoms with Gasteiger partial charge in [-0.25, -0.2) is 12.8 Å². The molecule has 0 saturated heterocycles. The lowest BCUT2D eigenvalue weighted by molar-refractivity contribution is -0.115. The predicted molar refractivity (Wildman–Crippen MR) is 123 cm³/mol. The highest BCUT2D eigenvalue weighted by atomic mass is 32.2. The molecule has 0 aromatic heterocycles.